The quantitative estimate of drug-likeness (QED) is 0.729. The van der Waals surface area contributed by atoms with Gasteiger partial charge < -0.3 is 5.32 Å². The van der Waals surface area contributed by atoms with E-state index in [2.05, 4.69) is 39.9 Å². The molecule has 0 aliphatic heterocycles. The Morgan fingerprint density at radius 3 is 1.88 bits per heavy atom. The molecule has 1 saturated carbocycles. The van der Waals surface area contributed by atoms with Gasteiger partial charge in [0.25, 0.3) is 0 Å². The Morgan fingerprint density at radius 2 is 1.47 bits per heavy atom. The molecule has 17 heavy (non-hydrogen) atoms. The predicted molar refractivity (Wildman–Crippen MR) is 77.3 cm³/mol. The van der Waals surface area contributed by atoms with Crippen molar-refractivity contribution in [3.63, 3.8) is 0 Å². The molecule has 1 nitrogen and oxygen atoms in total. The van der Waals surface area contributed by atoms with Crippen LogP contribution in [0.25, 0.3) is 0 Å². The highest BCUT2D eigenvalue weighted by Crippen LogP contribution is 2.43. The van der Waals surface area contributed by atoms with Gasteiger partial charge in [-0.05, 0) is 57.8 Å². The van der Waals surface area contributed by atoms with Gasteiger partial charge in [0.2, 0.25) is 0 Å². The summed E-state index contributed by atoms with van der Waals surface area (Å²) in [6, 6.07) is 0. The molecule has 0 saturated heterocycles. The molecule has 0 aromatic heterocycles. The summed E-state index contributed by atoms with van der Waals surface area (Å²) >= 11 is 0. The Balaban J connectivity index is 2.66. The van der Waals surface area contributed by atoms with Crippen LogP contribution in [0.4, 0.5) is 0 Å². The maximum Gasteiger partial charge on any atom is 0.00967 e. The molecule has 0 atom stereocenters. The zero-order valence-electron chi connectivity index (χ0n) is 12.7. The lowest BCUT2D eigenvalue weighted by molar-refractivity contribution is 0.0929. The molecule has 0 heterocycles. The van der Waals surface area contributed by atoms with E-state index in [-0.39, 0.29) is 5.54 Å². The van der Waals surface area contributed by atoms with Crippen LogP contribution in [0.15, 0.2) is 0 Å². The fraction of sp³-hybridized carbons (Fsp3) is 1.00. The van der Waals surface area contributed by atoms with Gasteiger partial charge in [-0.3, -0.25) is 0 Å². The first-order chi connectivity index (χ1) is 7.93. The zero-order chi connectivity index (χ0) is 12.9. The van der Waals surface area contributed by atoms with Crippen molar-refractivity contribution < 1.29 is 0 Å². The third kappa shape index (κ3) is 4.28. The van der Waals surface area contributed by atoms with Crippen LogP contribution in [0.5, 0.6) is 0 Å². The zero-order valence-corrected chi connectivity index (χ0v) is 12.7. The predicted octanol–water partition coefficient (Wildman–Crippen LogP) is 4.76. The average molecular weight is 239 g/mol. The Morgan fingerprint density at radius 1 is 0.941 bits per heavy atom. The van der Waals surface area contributed by atoms with Crippen molar-refractivity contribution in [1.29, 1.82) is 0 Å². The summed E-state index contributed by atoms with van der Waals surface area (Å²) in [5, 5.41) is 3.76. The van der Waals surface area contributed by atoms with Crippen molar-refractivity contribution in [1.82, 2.24) is 5.32 Å². The van der Waals surface area contributed by atoms with Gasteiger partial charge >= 0.3 is 0 Å². The fourth-order valence-corrected chi connectivity index (χ4v) is 3.38. The number of nitrogens with one attached hydrogen (secondary N) is 1. The van der Waals surface area contributed by atoms with Crippen LogP contribution in [-0.4, -0.2) is 12.1 Å². The summed E-state index contributed by atoms with van der Waals surface area (Å²) in [5.41, 5.74) is 0.804. The summed E-state index contributed by atoms with van der Waals surface area (Å²) in [4.78, 5) is 0. The standard InChI is InChI=1S/C16H33N/c1-6-16(7-2,13-17-15(3,4)5)14-11-9-8-10-12-14/h14,17H,6-13H2,1-5H3. The molecule has 0 bridgehead atoms. The van der Waals surface area contributed by atoms with Crippen molar-refractivity contribution in [2.75, 3.05) is 6.54 Å². The second-order valence-electron chi connectivity index (χ2n) is 7.01. The van der Waals surface area contributed by atoms with E-state index in [4.69, 9.17) is 0 Å². The summed E-state index contributed by atoms with van der Waals surface area (Å²) in [7, 11) is 0. The monoisotopic (exact) mass is 239 g/mol. The highest BCUT2D eigenvalue weighted by Gasteiger charge is 2.36. The minimum atomic E-state index is 0.254. The van der Waals surface area contributed by atoms with Gasteiger partial charge in [-0.1, -0.05) is 33.1 Å². The van der Waals surface area contributed by atoms with Crippen molar-refractivity contribution in [2.45, 2.75) is 85.1 Å². The molecule has 0 aromatic carbocycles. The van der Waals surface area contributed by atoms with Gasteiger partial charge in [-0.15, -0.1) is 0 Å². The van der Waals surface area contributed by atoms with Gasteiger partial charge in [0.15, 0.2) is 0 Å². The molecule has 1 aliphatic carbocycles. The summed E-state index contributed by atoms with van der Waals surface area (Å²) in [6.45, 7) is 12.8. The van der Waals surface area contributed by atoms with Crippen molar-refractivity contribution in [3.05, 3.63) is 0 Å². The van der Waals surface area contributed by atoms with Crippen LogP contribution in [-0.2, 0) is 0 Å². The topological polar surface area (TPSA) is 12.0 Å². The van der Waals surface area contributed by atoms with Gasteiger partial charge in [-0.25, -0.2) is 0 Å². The molecular formula is C16H33N. The highest BCUT2D eigenvalue weighted by molar-refractivity contribution is 4.90. The fourth-order valence-electron chi connectivity index (χ4n) is 3.38. The normalized spacial score (nSPS) is 19.6. The van der Waals surface area contributed by atoms with E-state index in [0.29, 0.717) is 5.41 Å². The summed E-state index contributed by atoms with van der Waals surface area (Å²) in [6.07, 6.45) is 9.98. The first-order valence-electron chi connectivity index (χ1n) is 7.68. The van der Waals surface area contributed by atoms with Crippen molar-refractivity contribution >= 4 is 0 Å². The van der Waals surface area contributed by atoms with Crippen LogP contribution in [0, 0.1) is 11.3 Å². The SMILES string of the molecule is CCC(CC)(CNC(C)(C)C)C1CCCCC1. The molecule has 0 amide bonds. The third-order valence-corrected chi connectivity index (χ3v) is 4.85. The van der Waals surface area contributed by atoms with Crippen LogP contribution in [0.3, 0.4) is 0 Å². The van der Waals surface area contributed by atoms with Crippen LogP contribution < -0.4 is 5.32 Å². The van der Waals surface area contributed by atoms with Crippen LogP contribution in [0.1, 0.15) is 79.6 Å². The van der Waals surface area contributed by atoms with Gasteiger partial charge in [0.1, 0.15) is 0 Å². The Labute approximate surface area is 109 Å². The third-order valence-electron chi connectivity index (χ3n) is 4.85. The minimum absolute atomic E-state index is 0.254. The lowest BCUT2D eigenvalue weighted by Gasteiger charge is -2.43. The van der Waals surface area contributed by atoms with Crippen LogP contribution >= 0.6 is 0 Å². The number of rotatable bonds is 5. The van der Waals surface area contributed by atoms with E-state index in [9.17, 15) is 0 Å². The molecule has 102 valence electrons. The maximum absolute atomic E-state index is 3.76. The van der Waals surface area contributed by atoms with E-state index < -0.39 is 0 Å². The molecule has 0 aromatic rings. The Hall–Kier alpha value is -0.0400. The molecule has 0 radical (unpaired) electrons. The van der Waals surface area contributed by atoms with E-state index in [1.54, 1.807) is 0 Å². The number of hydrogen-bond donors (Lipinski definition) is 1. The molecule has 1 fully saturated rings. The molecule has 1 N–H and O–H groups in total. The molecule has 0 unspecified atom stereocenters. The van der Waals surface area contributed by atoms with Crippen LogP contribution in [0.2, 0.25) is 0 Å². The van der Waals surface area contributed by atoms with Crippen molar-refractivity contribution in [3.8, 4) is 0 Å². The lowest BCUT2D eigenvalue weighted by Crippen LogP contribution is -2.47. The van der Waals surface area contributed by atoms with E-state index in [0.717, 1.165) is 5.92 Å². The summed E-state index contributed by atoms with van der Waals surface area (Å²) in [5.74, 6) is 0.959. The molecular weight excluding hydrogens is 206 g/mol. The number of hydrogen-bond acceptors (Lipinski definition) is 1. The van der Waals surface area contributed by atoms with Crippen molar-refractivity contribution in [2.24, 2.45) is 11.3 Å². The second-order valence-corrected chi connectivity index (χ2v) is 7.01. The minimum Gasteiger partial charge on any atom is -0.312 e. The maximum atomic E-state index is 3.76. The first kappa shape index (κ1) is 15.0. The highest BCUT2D eigenvalue weighted by atomic mass is 15.0. The smallest absolute Gasteiger partial charge is 0.00967 e. The average Bonchev–Trinajstić information content (AvgIpc) is 2.31. The Kier molecular flexibility index (Phi) is 5.50. The lowest BCUT2D eigenvalue weighted by atomic mass is 9.65. The van der Waals surface area contributed by atoms with E-state index in [1.807, 2.05) is 0 Å². The van der Waals surface area contributed by atoms with E-state index >= 15 is 0 Å². The molecule has 0 spiro atoms. The molecule has 1 heteroatoms. The van der Waals surface area contributed by atoms with Gasteiger partial charge in [-0.2, -0.15) is 0 Å². The Bertz CT molecular complexity index is 204. The molecule has 1 rings (SSSR count). The first-order valence-corrected chi connectivity index (χ1v) is 7.68. The largest absolute Gasteiger partial charge is 0.312 e. The van der Waals surface area contributed by atoms with Gasteiger partial charge in [0, 0.05) is 12.1 Å². The van der Waals surface area contributed by atoms with Gasteiger partial charge in [0.05, 0.1) is 0 Å². The molecule has 1 aliphatic rings. The second kappa shape index (κ2) is 6.22. The summed E-state index contributed by atoms with van der Waals surface area (Å²) < 4.78 is 0. The van der Waals surface area contributed by atoms with E-state index in [1.165, 1.54) is 51.5 Å².